The Morgan fingerprint density at radius 1 is 1.00 bits per heavy atom. The highest BCUT2D eigenvalue weighted by atomic mass is 16.2. The van der Waals surface area contributed by atoms with Gasteiger partial charge in [-0.05, 0) is 56.0 Å². The molecule has 1 aromatic heterocycles. The lowest BCUT2D eigenvalue weighted by Gasteiger charge is -2.16. The molecule has 184 valence electrons. The average molecular weight is 477 g/mol. The largest absolute Gasteiger partial charge is 0.353 e. The minimum absolute atomic E-state index is 0.0196. The van der Waals surface area contributed by atoms with E-state index in [0.717, 1.165) is 42.2 Å². The van der Waals surface area contributed by atoms with Gasteiger partial charge in [-0.25, -0.2) is 9.36 Å². The molecule has 4 rings (SSSR count). The van der Waals surface area contributed by atoms with E-state index in [2.05, 4.69) is 10.6 Å². The van der Waals surface area contributed by atoms with Gasteiger partial charge in [-0.1, -0.05) is 44.0 Å². The van der Waals surface area contributed by atoms with E-state index in [1.807, 2.05) is 13.8 Å². The van der Waals surface area contributed by atoms with E-state index in [-0.39, 0.29) is 36.9 Å². The van der Waals surface area contributed by atoms with Crippen LogP contribution in [-0.4, -0.2) is 33.0 Å². The number of nitrogens with zero attached hydrogens (tertiary/aromatic N) is 2. The summed E-state index contributed by atoms with van der Waals surface area (Å²) in [4.78, 5) is 51.6. The molecule has 2 aromatic carbocycles. The van der Waals surface area contributed by atoms with Crippen LogP contribution in [0.15, 0.2) is 58.1 Å². The van der Waals surface area contributed by atoms with Crippen LogP contribution in [-0.2, 0) is 22.6 Å². The Bertz CT molecular complexity index is 1330. The highest BCUT2D eigenvalue weighted by Gasteiger charge is 2.19. The Labute approximate surface area is 204 Å². The van der Waals surface area contributed by atoms with E-state index in [1.165, 1.54) is 4.57 Å². The summed E-state index contributed by atoms with van der Waals surface area (Å²) in [5, 5.41) is 6.29. The number of aromatic nitrogens is 2. The summed E-state index contributed by atoms with van der Waals surface area (Å²) in [5.41, 5.74) is 0.571. The molecule has 0 spiro atoms. The van der Waals surface area contributed by atoms with Gasteiger partial charge in [0.1, 0.15) is 6.54 Å². The third-order valence-corrected chi connectivity index (χ3v) is 6.65. The number of hydrogen-bond acceptors (Lipinski definition) is 4. The zero-order chi connectivity index (χ0) is 24.9. The molecule has 1 saturated carbocycles. The Morgan fingerprint density at radius 2 is 1.69 bits per heavy atom. The summed E-state index contributed by atoms with van der Waals surface area (Å²) < 4.78 is 2.42. The third kappa shape index (κ3) is 5.53. The number of para-hydroxylation sites is 1. The molecule has 1 heterocycles. The predicted molar refractivity (Wildman–Crippen MR) is 136 cm³/mol. The van der Waals surface area contributed by atoms with Crippen LogP contribution in [0.1, 0.15) is 51.5 Å². The number of amides is 2. The van der Waals surface area contributed by atoms with Crippen molar-refractivity contribution in [2.45, 2.75) is 71.0 Å². The van der Waals surface area contributed by atoms with E-state index in [4.69, 9.17) is 0 Å². The van der Waals surface area contributed by atoms with Crippen molar-refractivity contribution < 1.29 is 9.59 Å². The van der Waals surface area contributed by atoms with Crippen LogP contribution in [0.3, 0.4) is 0 Å². The summed E-state index contributed by atoms with van der Waals surface area (Å²) in [7, 11) is 0. The lowest BCUT2D eigenvalue weighted by molar-refractivity contribution is -0.122. The van der Waals surface area contributed by atoms with Crippen LogP contribution in [0, 0.1) is 0 Å². The van der Waals surface area contributed by atoms with Crippen LogP contribution in [0.25, 0.3) is 16.6 Å². The van der Waals surface area contributed by atoms with Gasteiger partial charge in [0.15, 0.2) is 0 Å². The van der Waals surface area contributed by atoms with Gasteiger partial charge in [-0.3, -0.25) is 19.0 Å². The van der Waals surface area contributed by atoms with Gasteiger partial charge >= 0.3 is 5.69 Å². The Kier molecular flexibility index (Phi) is 7.48. The van der Waals surface area contributed by atoms with Gasteiger partial charge in [0.05, 0.1) is 23.0 Å². The van der Waals surface area contributed by atoms with Crippen molar-refractivity contribution in [3.05, 3.63) is 74.9 Å². The fourth-order valence-electron chi connectivity index (χ4n) is 4.56. The molecular formula is C27H32N4O4. The molecule has 0 unspecified atom stereocenters. The average Bonchev–Trinajstić information content (AvgIpc) is 3.35. The Hall–Kier alpha value is -3.68. The molecule has 0 radical (unpaired) electrons. The third-order valence-electron chi connectivity index (χ3n) is 6.65. The number of hydrogen-bond donors (Lipinski definition) is 2. The second-order valence-electron chi connectivity index (χ2n) is 9.30. The summed E-state index contributed by atoms with van der Waals surface area (Å²) >= 11 is 0. The molecule has 3 aromatic rings. The zero-order valence-corrected chi connectivity index (χ0v) is 20.3. The summed E-state index contributed by atoms with van der Waals surface area (Å²) in [6.07, 6.45) is 5.36. The molecule has 1 aliphatic rings. The Balaban J connectivity index is 1.64. The molecule has 0 aliphatic heterocycles. The van der Waals surface area contributed by atoms with Crippen LogP contribution >= 0.6 is 0 Å². The molecule has 35 heavy (non-hydrogen) atoms. The first kappa shape index (κ1) is 24.4. The van der Waals surface area contributed by atoms with E-state index < -0.39 is 11.2 Å². The van der Waals surface area contributed by atoms with Crippen LogP contribution in [0.4, 0.5) is 0 Å². The molecule has 1 aliphatic carbocycles. The van der Waals surface area contributed by atoms with Gasteiger partial charge in [0.25, 0.3) is 5.56 Å². The van der Waals surface area contributed by atoms with E-state index in [0.29, 0.717) is 16.6 Å². The normalized spacial score (nSPS) is 14.7. The monoisotopic (exact) mass is 476 g/mol. The Morgan fingerprint density at radius 3 is 2.37 bits per heavy atom. The SMILES string of the molecule is CC[C@@H](C)NC(=O)Cn1c(=O)n(-c2ccc(CC(=O)NC3CCCC3)cc2)c(=O)c2ccccc21. The van der Waals surface area contributed by atoms with Gasteiger partial charge in [0.2, 0.25) is 11.8 Å². The number of rotatable bonds is 8. The molecule has 0 saturated heterocycles. The molecule has 2 N–H and O–H groups in total. The maximum Gasteiger partial charge on any atom is 0.336 e. The van der Waals surface area contributed by atoms with Crippen molar-refractivity contribution in [1.82, 2.24) is 19.8 Å². The van der Waals surface area contributed by atoms with Crippen molar-refractivity contribution in [1.29, 1.82) is 0 Å². The van der Waals surface area contributed by atoms with Gasteiger partial charge in [-0.15, -0.1) is 0 Å². The highest BCUT2D eigenvalue weighted by Crippen LogP contribution is 2.18. The minimum atomic E-state index is -0.584. The number of carbonyl (C=O) groups excluding carboxylic acids is 2. The van der Waals surface area contributed by atoms with E-state index in [9.17, 15) is 19.2 Å². The fourth-order valence-corrected chi connectivity index (χ4v) is 4.56. The molecule has 8 nitrogen and oxygen atoms in total. The first-order chi connectivity index (χ1) is 16.9. The fraction of sp³-hybridized carbons (Fsp3) is 0.407. The molecule has 2 amide bonds. The summed E-state index contributed by atoms with van der Waals surface area (Å²) in [5.74, 6) is -0.317. The van der Waals surface area contributed by atoms with Gasteiger partial charge < -0.3 is 10.6 Å². The standard InChI is InChI=1S/C27H32N4O4/c1-3-18(2)28-25(33)17-30-23-11-7-6-10-22(23)26(34)31(27(30)35)21-14-12-19(13-15-21)16-24(32)29-20-8-4-5-9-20/h6-7,10-15,18,20H,3-5,8-9,16-17H2,1-2H3,(H,28,33)(H,29,32)/t18-/m1/s1. The predicted octanol–water partition coefficient (Wildman–Crippen LogP) is 2.67. The molecule has 1 fully saturated rings. The molecule has 1 atom stereocenters. The van der Waals surface area contributed by atoms with Gasteiger partial charge in [0, 0.05) is 12.1 Å². The zero-order valence-electron chi connectivity index (χ0n) is 20.3. The van der Waals surface area contributed by atoms with Crippen molar-refractivity contribution in [2.75, 3.05) is 0 Å². The lowest BCUT2D eigenvalue weighted by Crippen LogP contribution is -2.43. The highest BCUT2D eigenvalue weighted by molar-refractivity contribution is 5.82. The van der Waals surface area contributed by atoms with E-state index in [1.54, 1.807) is 48.5 Å². The lowest BCUT2D eigenvalue weighted by atomic mass is 10.1. The number of carbonyl (C=O) groups is 2. The summed E-state index contributed by atoms with van der Waals surface area (Å²) in [6.45, 7) is 3.67. The van der Waals surface area contributed by atoms with Crippen molar-refractivity contribution >= 4 is 22.7 Å². The van der Waals surface area contributed by atoms with Crippen molar-refractivity contribution in [3.63, 3.8) is 0 Å². The number of fused-ring (bicyclic) bond motifs is 1. The van der Waals surface area contributed by atoms with Crippen LogP contribution < -0.4 is 21.9 Å². The maximum absolute atomic E-state index is 13.4. The smallest absolute Gasteiger partial charge is 0.336 e. The topological polar surface area (TPSA) is 102 Å². The second-order valence-corrected chi connectivity index (χ2v) is 9.30. The summed E-state index contributed by atoms with van der Waals surface area (Å²) in [6, 6.07) is 13.9. The second kappa shape index (κ2) is 10.7. The first-order valence-corrected chi connectivity index (χ1v) is 12.3. The first-order valence-electron chi connectivity index (χ1n) is 12.3. The van der Waals surface area contributed by atoms with Crippen LogP contribution in [0.2, 0.25) is 0 Å². The maximum atomic E-state index is 13.4. The van der Waals surface area contributed by atoms with E-state index >= 15 is 0 Å². The van der Waals surface area contributed by atoms with Crippen molar-refractivity contribution in [2.24, 2.45) is 0 Å². The number of nitrogens with one attached hydrogen (secondary N) is 2. The van der Waals surface area contributed by atoms with Gasteiger partial charge in [-0.2, -0.15) is 0 Å². The quantitative estimate of drug-likeness (QED) is 0.522. The molecule has 8 heteroatoms. The van der Waals surface area contributed by atoms with Crippen molar-refractivity contribution in [3.8, 4) is 5.69 Å². The van der Waals surface area contributed by atoms with Crippen LogP contribution in [0.5, 0.6) is 0 Å². The minimum Gasteiger partial charge on any atom is -0.353 e. The number of benzene rings is 2. The molecule has 0 bridgehead atoms. The molecular weight excluding hydrogens is 444 g/mol.